The van der Waals surface area contributed by atoms with Gasteiger partial charge in [0.15, 0.2) is 0 Å². The van der Waals surface area contributed by atoms with Crippen molar-refractivity contribution in [1.82, 2.24) is 15.2 Å². The summed E-state index contributed by atoms with van der Waals surface area (Å²) < 4.78 is 1.78. The zero-order valence-corrected chi connectivity index (χ0v) is 21.0. The predicted octanol–water partition coefficient (Wildman–Crippen LogP) is 5.36. The van der Waals surface area contributed by atoms with Gasteiger partial charge in [-0.15, -0.1) is 0 Å². The molecule has 32 heavy (non-hydrogen) atoms. The van der Waals surface area contributed by atoms with Crippen molar-refractivity contribution in [1.29, 1.82) is 0 Å². The highest BCUT2D eigenvalue weighted by Gasteiger charge is 2.10. The average molecular weight is 441 g/mol. The van der Waals surface area contributed by atoms with Crippen LogP contribution in [0.5, 0.6) is 0 Å². The lowest BCUT2D eigenvalue weighted by atomic mass is 10.1. The van der Waals surface area contributed by atoms with Crippen molar-refractivity contribution in [2.45, 2.75) is 61.3 Å². The molecule has 0 saturated heterocycles. The third kappa shape index (κ3) is 10.8. The Labute approximate surface area is 193 Å². The maximum Gasteiger partial charge on any atom is 0.253 e. The fourth-order valence-electron chi connectivity index (χ4n) is 2.60. The first-order valence-electron chi connectivity index (χ1n) is 11.3. The number of aromatic nitrogens is 1. The number of hydrogen-bond acceptors (Lipinski definition) is 3. The molecule has 1 heterocycles. The molecule has 1 aromatic heterocycles. The summed E-state index contributed by atoms with van der Waals surface area (Å²) >= 11 is 0. The zero-order chi connectivity index (χ0) is 24.5. The number of amides is 2. The van der Waals surface area contributed by atoms with Gasteiger partial charge in [0.1, 0.15) is 5.84 Å². The van der Waals surface area contributed by atoms with E-state index in [1.807, 2.05) is 46.0 Å². The minimum atomic E-state index is -0.321. The van der Waals surface area contributed by atoms with Crippen LogP contribution < -0.4 is 10.6 Å². The second-order valence-electron chi connectivity index (χ2n) is 6.93. The number of benzene rings is 1. The molecule has 2 amide bonds. The van der Waals surface area contributed by atoms with Gasteiger partial charge in [0.25, 0.3) is 5.91 Å². The average Bonchev–Trinajstić information content (AvgIpc) is 3.24. The van der Waals surface area contributed by atoms with Crippen molar-refractivity contribution < 1.29 is 9.59 Å². The Morgan fingerprint density at radius 1 is 1.09 bits per heavy atom. The van der Waals surface area contributed by atoms with Crippen LogP contribution >= 0.6 is 0 Å². The highest BCUT2D eigenvalue weighted by molar-refractivity contribution is 6.02. The van der Waals surface area contributed by atoms with Gasteiger partial charge >= 0.3 is 0 Å². The fourth-order valence-corrected chi connectivity index (χ4v) is 2.60. The lowest BCUT2D eigenvalue weighted by molar-refractivity contribution is -0.118. The van der Waals surface area contributed by atoms with Crippen LogP contribution in [0.2, 0.25) is 0 Å². The molecule has 0 bridgehead atoms. The van der Waals surface area contributed by atoms with E-state index in [1.165, 1.54) is 12.0 Å². The fraction of sp³-hybridized carbons (Fsp3) is 0.423. The number of aliphatic imine (C=N–C) groups is 1. The summed E-state index contributed by atoms with van der Waals surface area (Å²) in [7, 11) is 1.83. The number of carbonyl (C=O) groups excluding carboxylic acids is 2. The molecule has 6 nitrogen and oxygen atoms in total. The summed E-state index contributed by atoms with van der Waals surface area (Å²) in [6.07, 6.45) is 7.58. The second kappa shape index (κ2) is 16.5. The Kier molecular flexibility index (Phi) is 14.9. The maximum atomic E-state index is 12.1. The second-order valence-corrected chi connectivity index (χ2v) is 6.93. The molecule has 0 radical (unpaired) electrons. The van der Waals surface area contributed by atoms with Crippen LogP contribution in [-0.2, 0) is 18.3 Å². The Hall–Kier alpha value is -3.15. The topological polar surface area (TPSA) is 75.5 Å². The monoisotopic (exact) mass is 440 g/mol. The smallest absolute Gasteiger partial charge is 0.253 e. The molecule has 6 heteroatoms. The summed E-state index contributed by atoms with van der Waals surface area (Å²) in [6.45, 7) is 13.9. The normalized spacial score (nSPS) is 10.9. The molecule has 1 aromatic carbocycles. The van der Waals surface area contributed by atoms with Crippen LogP contribution in [-0.4, -0.2) is 28.8 Å². The highest BCUT2D eigenvalue weighted by atomic mass is 16.2. The third-order valence-corrected chi connectivity index (χ3v) is 4.02. The van der Waals surface area contributed by atoms with E-state index in [9.17, 15) is 9.59 Å². The third-order valence-electron chi connectivity index (χ3n) is 4.02. The van der Waals surface area contributed by atoms with Gasteiger partial charge in [-0.3, -0.25) is 9.59 Å². The summed E-state index contributed by atoms with van der Waals surface area (Å²) in [5, 5.41) is 5.30. The molecule has 0 aliphatic rings. The van der Waals surface area contributed by atoms with Gasteiger partial charge in [-0.05, 0) is 38.0 Å². The molecular weight excluding hydrogens is 400 g/mol. The molecule has 0 saturated carbocycles. The highest BCUT2D eigenvalue weighted by Crippen LogP contribution is 2.17. The minimum absolute atomic E-state index is 0.114. The molecule has 2 aromatic rings. The van der Waals surface area contributed by atoms with E-state index in [4.69, 9.17) is 0 Å². The standard InChI is InChI=1S/C21H26N4O2.C3H8.C2H6/c1-5-16-8-7-9-17(12-16)19(6-2)23-15(3)24-20(26)13-22-21(27)18-10-11-25(4)14-18;1-3-2;1-2/h6-12,14H,5,13H2,1-4H3,(H,22,27)(H,23,24,26);3H2,1-2H3;1-2H3/b19-6-;;. The molecule has 0 aliphatic heterocycles. The molecular formula is C26H40N4O2. The van der Waals surface area contributed by atoms with Crippen LogP contribution in [0.4, 0.5) is 0 Å². The van der Waals surface area contributed by atoms with Gasteiger partial charge in [-0.2, -0.15) is 0 Å². The van der Waals surface area contributed by atoms with E-state index in [-0.39, 0.29) is 18.4 Å². The van der Waals surface area contributed by atoms with Crippen molar-refractivity contribution in [3.05, 3.63) is 65.5 Å². The first kappa shape index (κ1) is 28.9. The SMILES string of the molecule is C/C=C(\N=C(C)NC(=O)CNC(=O)c1ccn(C)c1)c1cccc(CC)c1.CC.CCC. The largest absolute Gasteiger partial charge is 0.356 e. The molecule has 176 valence electrons. The van der Waals surface area contributed by atoms with Crippen LogP contribution in [0, 0.1) is 0 Å². The summed E-state index contributed by atoms with van der Waals surface area (Å²) in [5.41, 5.74) is 3.54. The summed E-state index contributed by atoms with van der Waals surface area (Å²) in [4.78, 5) is 28.5. The van der Waals surface area contributed by atoms with Crippen LogP contribution in [0.1, 0.15) is 76.4 Å². The molecule has 0 unspecified atom stereocenters. The summed E-state index contributed by atoms with van der Waals surface area (Å²) in [6, 6.07) is 9.86. The Balaban J connectivity index is 0.00000177. The predicted molar refractivity (Wildman–Crippen MR) is 136 cm³/mol. The lowest BCUT2D eigenvalue weighted by Gasteiger charge is -2.08. The maximum absolute atomic E-state index is 12.1. The van der Waals surface area contributed by atoms with Crippen LogP contribution in [0.3, 0.4) is 0 Å². The van der Waals surface area contributed by atoms with Gasteiger partial charge in [-0.25, -0.2) is 4.99 Å². The van der Waals surface area contributed by atoms with Crippen molar-refractivity contribution in [3.63, 3.8) is 0 Å². The number of nitrogens with one attached hydrogen (secondary N) is 2. The van der Waals surface area contributed by atoms with Crippen LogP contribution in [0.15, 0.2) is 53.8 Å². The zero-order valence-electron chi connectivity index (χ0n) is 21.0. The van der Waals surface area contributed by atoms with Crippen molar-refractivity contribution in [3.8, 4) is 0 Å². The van der Waals surface area contributed by atoms with Crippen molar-refractivity contribution >= 4 is 23.3 Å². The molecule has 0 fully saturated rings. The Bertz CT molecular complexity index is 895. The van der Waals surface area contributed by atoms with Gasteiger partial charge in [0.05, 0.1) is 17.8 Å². The number of nitrogens with zero attached hydrogens (tertiary/aromatic N) is 2. The summed E-state index contributed by atoms with van der Waals surface area (Å²) in [5.74, 6) is -0.131. The van der Waals surface area contributed by atoms with Gasteiger partial charge in [-0.1, -0.05) is 65.3 Å². The van der Waals surface area contributed by atoms with Gasteiger partial charge < -0.3 is 15.2 Å². The first-order chi connectivity index (χ1) is 15.3. The molecule has 0 spiro atoms. The van der Waals surface area contributed by atoms with E-state index >= 15 is 0 Å². The Morgan fingerprint density at radius 2 is 1.75 bits per heavy atom. The number of rotatable bonds is 6. The molecule has 0 atom stereocenters. The molecule has 2 N–H and O–H groups in total. The quantitative estimate of drug-likeness (QED) is 0.469. The van der Waals surface area contributed by atoms with E-state index in [0.29, 0.717) is 11.4 Å². The number of amidine groups is 1. The number of carbonyl (C=O) groups is 2. The molecule has 0 aliphatic carbocycles. The first-order valence-corrected chi connectivity index (χ1v) is 11.3. The lowest BCUT2D eigenvalue weighted by Crippen LogP contribution is -2.38. The number of aryl methyl sites for hydroxylation is 2. The molecule has 2 rings (SSSR count). The van der Waals surface area contributed by atoms with Crippen molar-refractivity contribution in [2.24, 2.45) is 12.0 Å². The van der Waals surface area contributed by atoms with Gasteiger partial charge in [0, 0.05) is 25.0 Å². The van der Waals surface area contributed by atoms with Crippen molar-refractivity contribution in [2.75, 3.05) is 6.54 Å². The Morgan fingerprint density at radius 3 is 2.28 bits per heavy atom. The van der Waals surface area contributed by atoms with E-state index < -0.39 is 0 Å². The number of allylic oxidation sites excluding steroid dienone is 1. The van der Waals surface area contributed by atoms with Gasteiger partial charge in [0.2, 0.25) is 5.91 Å². The number of hydrogen-bond donors (Lipinski definition) is 2. The van der Waals surface area contributed by atoms with Crippen LogP contribution in [0.25, 0.3) is 5.70 Å². The van der Waals surface area contributed by atoms with E-state index in [1.54, 1.807) is 30.0 Å². The van der Waals surface area contributed by atoms with E-state index in [0.717, 1.165) is 17.7 Å². The minimum Gasteiger partial charge on any atom is -0.356 e. The van der Waals surface area contributed by atoms with E-state index in [2.05, 4.69) is 48.5 Å².